The minimum absolute atomic E-state index is 0. The minimum Gasteiger partial charge on any atom is -0.545 e. The van der Waals surface area contributed by atoms with Crippen LogP contribution in [0.4, 0.5) is 0 Å². The van der Waals surface area contributed by atoms with Gasteiger partial charge in [-0.15, -0.1) is 0 Å². The van der Waals surface area contributed by atoms with E-state index in [4.69, 9.17) is 4.55 Å². The molecule has 1 atom stereocenters. The maximum absolute atomic E-state index is 11.9. The van der Waals surface area contributed by atoms with Crippen molar-refractivity contribution in [3.8, 4) is 0 Å². The average Bonchev–Trinajstić information content (AvgIpc) is 2.54. The molecule has 0 rings (SSSR count). The molecular formula is C18H31NaO7S. The molecule has 0 saturated heterocycles. The smallest absolute Gasteiger partial charge is 0.545 e. The second-order valence-electron chi connectivity index (χ2n) is 6.41. The Labute approximate surface area is 185 Å². The summed E-state index contributed by atoms with van der Waals surface area (Å²) >= 11 is 0. The first-order valence-corrected chi connectivity index (χ1v) is 10.8. The second kappa shape index (κ2) is 16.5. The van der Waals surface area contributed by atoms with E-state index >= 15 is 0 Å². The molecule has 0 fully saturated rings. The largest absolute Gasteiger partial charge is 1.00 e. The third-order valence-corrected chi connectivity index (χ3v) is 4.98. The number of ether oxygens (including phenoxy) is 1. The molecule has 0 aliphatic rings. The van der Waals surface area contributed by atoms with Crippen LogP contribution in [0.3, 0.4) is 0 Å². The van der Waals surface area contributed by atoms with E-state index in [1.54, 1.807) is 0 Å². The van der Waals surface area contributed by atoms with E-state index in [9.17, 15) is 23.1 Å². The molecular weight excluding hydrogens is 383 g/mol. The molecule has 27 heavy (non-hydrogen) atoms. The Kier molecular flexibility index (Phi) is 17.6. The van der Waals surface area contributed by atoms with Crippen molar-refractivity contribution >= 4 is 22.1 Å². The maximum Gasteiger partial charge on any atom is 1.00 e. The summed E-state index contributed by atoms with van der Waals surface area (Å²) in [5.41, 5.74) is -1.92. The first kappa shape index (κ1) is 28.8. The summed E-state index contributed by atoms with van der Waals surface area (Å²) in [6.07, 6.45) is 11.7. The van der Waals surface area contributed by atoms with Gasteiger partial charge in [-0.1, -0.05) is 64.7 Å². The van der Waals surface area contributed by atoms with Crippen LogP contribution in [0.25, 0.3) is 0 Å². The zero-order valence-corrected chi connectivity index (χ0v) is 19.6. The van der Waals surface area contributed by atoms with Crippen molar-refractivity contribution in [2.45, 2.75) is 89.9 Å². The van der Waals surface area contributed by atoms with Gasteiger partial charge in [0, 0.05) is 5.57 Å². The molecule has 0 spiro atoms. The molecule has 0 amide bonds. The first-order chi connectivity index (χ1) is 12.2. The van der Waals surface area contributed by atoms with Gasteiger partial charge in [0.25, 0.3) is 0 Å². The molecule has 1 N–H and O–H groups in total. The maximum atomic E-state index is 11.9. The van der Waals surface area contributed by atoms with E-state index in [-0.39, 0.29) is 41.6 Å². The monoisotopic (exact) mass is 414 g/mol. The van der Waals surface area contributed by atoms with Crippen molar-refractivity contribution in [3.63, 3.8) is 0 Å². The number of aliphatic carboxylic acids is 1. The summed E-state index contributed by atoms with van der Waals surface area (Å²) < 4.78 is 35.2. The Morgan fingerprint density at radius 3 is 1.85 bits per heavy atom. The fourth-order valence-electron chi connectivity index (χ4n) is 2.47. The Bertz CT molecular complexity index is 558. The number of unbranched alkanes of at least 4 members (excludes halogenated alkanes) is 9. The quantitative estimate of drug-likeness (QED) is 0.129. The summed E-state index contributed by atoms with van der Waals surface area (Å²) in [5, 5.41) is 10.7. The number of carbonyl (C=O) groups excluding carboxylic acids is 2. The summed E-state index contributed by atoms with van der Waals surface area (Å²) in [5.74, 6) is -2.63. The van der Waals surface area contributed by atoms with Gasteiger partial charge in [0.15, 0.2) is 0 Å². The van der Waals surface area contributed by atoms with Gasteiger partial charge in [0.05, 0.1) is 5.97 Å². The van der Waals surface area contributed by atoms with Crippen molar-refractivity contribution in [1.82, 2.24) is 0 Å². The van der Waals surface area contributed by atoms with Crippen molar-refractivity contribution in [3.05, 3.63) is 11.6 Å². The Hall–Kier alpha value is -0.410. The zero-order valence-electron chi connectivity index (χ0n) is 16.7. The van der Waals surface area contributed by atoms with E-state index in [0.717, 1.165) is 26.2 Å². The second-order valence-corrected chi connectivity index (χ2v) is 8.10. The van der Waals surface area contributed by atoms with E-state index in [2.05, 4.69) is 11.7 Å². The molecule has 0 aromatic heterocycles. The predicted octanol–water partition coefficient (Wildman–Crippen LogP) is -0.245. The Balaban J connectivity index is 0. The van der Waals surface area contributed by atoms with Crippen molar-refractivity contribution < 1.29 is 62.0 Å². The number of hydrogen-bond donors (Lipinski definition) is 1. The molecule has 0 heterocycles. The zero-order chi connectivity index (χ0) is 20.0. The summed E-state index contributed by atoms with van der Waals surface area (Å²) in [7, 11) is -4.54. The SMILES string of the molecule is CCCCCCCCCCCCC(=CC(=O)[O-])C(=O)OC(C)S(=O)(=O)O.[Na+]. The molecule has 0 aliphatic heterocycles. The summed E-state index contributed by atoms with van der Waals surface area (Å²) in [6, 6.07) is 0. The number of hydrogen-bond acceptors (Lipinski definition) is 6. The summed E-state index contributed by atoms with van der Waals surface area (Å²) in [4.78, 5) is 22.6. The van der Waals surface area contributed by atoms with Crippen LogP contribution in [0.2, 0.25) is 0 Å². The molecule has 0 aliphatic carbocycles. The molecule has 152 valence electrons. The normalized spacial score (nSPS) is 12.9. The fraction of sp³-hybridized carbons (Fsp3) is 0.778. The van der Waals surface area contributed by atoms with E-state index in [1.165, 1.54) is 38.5 Å². The van der Waals surface area contributed by atoms with E-state index in [0.29, 0.717) is 12.5 Å². The van der Waals surface area contributed by atoms with Crippen molar-refractivity contribution in [2.24, 2.45) is 0 Å². The van der Waals surface area contributed by atoms with Crippen LogP contribution < -0.4 is 34.7 Å². The van der Waals surface area contributed by atoms with Gasteiger partial charge in [0.1, 0.15) is 0 Å². The van der Waals surface area contributed by atoms with Crippen LogP contribution in [-0.4, -0.2) is 30.3 Å². The van der Waals surface area contributed by atoms with Gasteiger partial charge in [-0.05, 0) is 25.8 Å². The first-order valence-electron chi connectivity index (χ1n) is 9.27. The number of carboxylic acid groups (broad SMARTS) is 1. The number of rotatable bonds is 15. The van der Waals surface area contributed by atoms with Crippen LogP contribution in [0.1, 0.15) is 84.5 Å². The van der Waals surface area contributed by atoms with Gasteiger partial charge in [-0.3, -0.25) is 4.55 Å². The van der Waals surface area contributed by atoms with Gasteiger partial charge in [-0.25, -0.2) is 4.79 Å². The molecule has 0 radical (unpaired) electrons. The number of esters is 1. The van der Waals surface area contributed by atoms with Gasteiger partial charge in [0.2, 0.25) is 5.44 Å². The third-order valence-electron chi connectivity index (χ3n) is 4.05. The van der Waals surface area contributed by atoms with Gasteiger partial charge in [-0.2, -0.15) is 8.42 Å². The van der Waals surface area contributed by atoms with Crippen LogP contribution in [0.5, 0.6) is 0 Å². The third kappa shape index (κ3) is 16.3. The molecule has 0 aromatic rings. The molecule has 1 unspecified atom stereocenters. The molecule has 0 saturated carbocycles. The van der Waals surface area contributed by atoms with Crippen LogP contribution in [0, 0.1) is 0 Å². The van der Waals surface area contributed by atoms with E-state index in [1.807, 2.05) is 0 Å². The average molecular weight is 414 g/mol. The van der Waals surface area contributed by atoms with E-state index < -0.39 is 27.5 Å². The van der Waals surface area contributed by atoms with Crippen molar-refractivity contribution in [2.75, 3.05) is 0 Å². The molecule has 0 aromatic carbocycles. The summed E-state index contributed by atoms with van der Waals surface area (Å²) in [6.45, 7) is 3.17. The number of carboxylic acids is 1. The van der Waals surface area contributed by atoms with Crippen molar-refractivity contribution in [1.29, 1.82) is 0 Å². The predicted molar refractivity (Wildman–Crippen MR) is 96.7 cm³/mol. The molecule has 7 nitrogen and oxygen atoms in total. The number of carbonyl (C=O) groups is 2. The fourth-order valence-corrected chi connectivity index (χ4v) is 2.67. The Morgan fingerprint density at radius 1 is 1.00 bits per heavy atom. The van der Waals surface area contributed by atoms with Gasteiger partial charge < -0.3 is 14.6 Å². The molecule has 9 heteroatoms. The molecule has 0 bridgehead atoms. The standard InChI is InChI=1S/C18H32O7S.Na/c1-3-4-5-6-7-8-9-10-11-12-13-16(14-17(19)20)18(21)25-15(2)26(22,23)24;/h14-15H,3-13H2,1-2H3,(H,19,20)(H,22,23,24);/q;+1/p-1. The topological polar surface area (TPSA) is 121 Å². The van der Waals surface area contributed by atoms with Gasteiger partial charge >= 0.3 is 45.6 Å². The van der Waals surface area contributed by atoms with Crippen LogP contribution >= 0.6 is 0 Å². The Morgan fingerprint density at radius 2 is 1.44 bits per heavy atom. The minimum atomic E-state index is -4.54. The van der Waals surface area contributed by atoms with Crippen LogP contribution in [-0.2, 0) is 24.4 Å². The van der Waals surface area contributed by atoms with Crippen LogP contribution in [0.15, 0.2) is 11.6 Å².